The summed E-state index contributed by atoms with van der Waals surface area (Å²) < 4.78 is 0. The maximum absolute atomic E-state index is 8.83. The Hall–Kier alpha value is -1.63. The molecule has 3 heteroatoms. The van der Waals surface area contributed by atoms with Crippen LogP contribution in [0, 0.1) is 11.3 Å². The Balaban J connectivity index is 1.97. The second-order valence-electron chi connectivity index (χ2n) is 6.39. The van der Waals surface area contributed by atoms with Crippen LogP contribution < -0.4 is 5.32 Å². The summed E-state index contributed by atoms with van der Waals surface area (Å²) in [5.41, 5.74) is 3.59. The minimum absolute atomic E-state index is 0.194. The number of hydrogen-bond donors (Lipinski definition) is 1. The topological polar surface area (TPSA) is 35.8 Å². The van der Waals surface area contributed by atoms with E-state index in [1.165, 1.54) is 16.0 Å². The Kier molecular flexibility index (Phi) is 4.82. The van der Waals surface area contributed by atoms with E-state index < -0.39 is 0 Å². The highest BCUT2D eigenvalue weighted by Gasteiger charge is 2.14. The molecule has 0 spiro atoms. The quantitative estimate of drug-likeness (QED) is 0.882. The van der Waals surface area contributed by atoms with Crippen LogP contribution in [0.5, 0.6) is 0 Å². The van der Waals surface area contributed by atoms with Crippen LogP contribution in [0.4, 0.5) is 0 Å². The summed E-state index contributed by atoms with van der Waals surface area (Å²) in [6, 6.07) is 13.3. The van der Waals surface area contributed by atoms with Crippen LogP contribution >= 0.6 is 11.3 Å². The van der Waals surface area contributed by atoms with Gasteiger partial charge in [-0.05, 0) is 29.5 Å². The van der Waals surface area contributed by atoms with E-state index in [4.69, 9.17) is 5.26 Å². The van der Waals surface area contributed by atoms with Gasteiger partial charge in [-0.15, -0.1) is 11.3 Å². The molecule has 0 aliphatic carbocycles. The van der Waals surface area contributed by atoms with Crippen LogP contribution in [0.25, 0.3) is 0 Å². The molecule has 0 saturated carbocycles. The fourth-order valence-electron chi connectivity index (χ4n) is 2.18. The van der Waals surface area contributed by atoms with Gasteiger partial charge in [0.15, 0.2) is 0 Å². The van der Waals surface area contributed by atoms with Gasteiger partial charge in [-0.1, -0.05) is 45.0 Å². The second kappa shape index (κ2) is 6.43. The minimum atomic E-state index is 0.194. The molecule has 1 unspecified atom stereocenters. The van der Waals surface area contributed by atoms with Crippen LogP contribution in [0.15, 0.2) is 35.7 Å². The third-order valence-electron chi connectivity index (χ3n) is 3.64. The third-order valence-corrected chi connectivity index (χ3v) is 4.58. The van der Waals surface area contributed by atoms with E-state index in [0.29, 0.717) is 6.04 Å². The van der Waals surface area contributed by atoms with Gasteiger partial charge in [-0.2, -0.15) is 5.26 Å². The maximum Gasteiger partial charge on any atom is 0.100 e. The van der Waals surface area contributed by atoms with Crippen molar-refractivity contribution in [3.8, 4) is 6.07 Å². The molecule has 21 heavy (non-hydrogen) atoms. The molecule has 0 bridgehead atoms. The van der Waals surface area contributed by atoms with Gasteiger partial charge in [0.05, 0.1) is 5.56 Å². The lowest BCUT2D eigenvalue weighted by atomic mass is 9.86. The Morgan fingerprint density at radius 3 is 2.43 bits per heavy atom. The van der Waals surface area contributed by atoms with E-state index >= 15 is 0 Å². The molecule has 1 aromatic carbocycles. The van der Waals surface area contributed by atoms with Crippen molar-refractivity contribution in [1.82, 2.24) is 5.32 Å². The van der Waals surface area contributed by atoms with Crippen molar-refractivity contribution < 1.29 is 0 Å². The molecular weight excluding hydrogens is 276 g/mol. The van der Waals surface area contributed by atoms with Gasteiger partial charge in [0.1, 0.15) is 6.07 Å². The molecule has 0 saturated heterocycles. The first kappa shape index (κ1) is 15.8. The maximum atomic E-state index is 8.83. The smallest absolute Gasteiger partial charge is 0.100 e. The summed E-state index contributed by atoms with van der Waals surface area (Å²) >= 11 is 1.63. The average Bonchev–Trinajstić information content (AvgIpc) is 2.92. The molecule has 1 N–H and O–H groups in total. The van der Waals surface area contributed by atoms with Crippen molar-refractivity contribution in [2.45, 2.75) is 45.7 Å². The highest BCUT2D eigenvalue weighted by molar-refractivity contribution is 7.10. The fourth-order valence-corrected chi connectivity index (χ4v) is 2.94. The van der Waals surface area contributed by atoms with E-state index in [1.807, 2.05) is 11.4 Å². The molecule has 0 fully saturated rings. The lowest BCUT2D eigenvalue weighted by Gasteiger charge is -2.20. The molecule has 0 aliphatic heterocycles. The van der Waals surface area contributed by atoms with Crippen LogP contribution in [0.2, 0.25) is 0 Å². The van der Waals surface area contributed by atoms with Gasteiger partial charge in [0, 0.05) is 22.8 Å². The molecular formula is C18H22N2S. The second-order valence-corrected chi connectivity index (χ2v) is 7.38. The van der Waals surface area contributed by atoms with Gasteiger partial charge < -0.3 is 5.32 Å². The van der Waals surface area contributed by atoms with E-state index in [0.717, 1.165) is 12.1 Å². The number of nitriles is 1. The van der Waals surface area contributed by atoms with Crippen molar-refractivity contribution in [2.75, 3.05) is 0 Å². The predicted octanol–water partition coefficient (Wildman–Crippen LogP) is 4.77. The van der Waals surface area contributed by atoms with Gasteiger partial charge >= 0.3 is 0 Å². The van der Waals surface area contributed by atoms with Crippen molar-refractivity contribution in [1.29, 1.82) is 5.26 Å². The molecule has 0 amide bonds. The Labute approximate surface area is 131 Å². The molecule has 110 valence electrons. The summed E-state index contributed by atoms with van der Waals surface area (Å²) in [7, 11) is 0. The highest BCUT2D eigenvalue weighted by Crippen LogP contribution is 2.24. The first-order valence-electron chi connectivity index (χ1n) is 7.21. The Morgan fingerprint density at radius 2 is 1.90 bits per heavy atom. The molecule has 0 aliphatic rings. The zero-order chi connectivity index (χ0) is 15.5. The van der Waals surface area contributed by atoms with Crippen molar-refractivity contribution in [3.05, 3.63) is 57.3 Å². The normalized spacial score (nSPS) is 12.9. The monoisotopic (exact) mass is 298 g/mol. The largest absolute Gasteiger partial charge is 0.305 e. The van der Waals surface area contributed by atoms with Gasteiger partial charge in [0.2, 0.25) is 0 Å². The van der Waals surface area contributed by atoms with Crippen molar-refractivity contribution >= 4 is 11.3 Å². The summed E-state index contributed by atoms with van der Waals surface area (Å²) in [5.74, 6) is 0. The van der Waals surface area contributed by atoms with Gasteiger partial charge in [0.25, 0.3) is 0 Å². The number of nitrogens with zero attached hydrogens (tertiary/aromatic N) is 1. The van der Waals surface area contributed by atoms with Crippen LogP contribution in [-0.2, 0) is 12.0 Å². The number of thiophene rings is 1. The molecule has 1 atom stereocenters. The van der Waals surface area contributed by atoms with Crippen molar-refractivity contribution in [2.24, 2.45) is 0 Å². The summed E-state index contributed by atoms with van der Waals surface area (Å²) in [4.78, 5) is 1.20. The number of rotatable bonds is 4. The first-order valence-corrected chi connectivity index (χ1v) is 8.09. The minimum Gasteiger partial charge on any atom is -0.305 e. The standard InChI is InChI=1S/C18H22N2S/c1-13(20-11-17-9-14(10-19)12-21-17)15-5-7-16(8-6-15)18(2,3)4/h5-9,12-13,20H,11H2,1-4H3. The van der Waals surface area contributed by atoms with Crippen LogP contribution in [-0.4, -0.2) is 0 Å². The number of benzene rings is 1. The fraction of sp³-hybridized carbons (Fsp3) is 0.389. The average molecular weight is 298 g/mol. The molecule has 2 aromatic rings. The van der Waals surface area contributed by atoms with Crippen LogP contribution in [0.3, 0.4) is 0 Å². The van der Waals surface area contributed by atoms with Gasteiger partial charge in [-0.3, -0.25) is 0 Å². The summed E-state index contributed by atoms with van der Waals surface area (Å²) in [6.45, 7) is 9.66. The SMILES string of the molecule is CC(NCc1cc(C#N)cs1)c1ccc(C(C)(C)C)cc1. The van der Waals surface area contributed by atoms with Crippen molar-refractivity contribution in [3.63, 3.8) is 0 Å². The number of nitrogens with one attached hydrogen (secondary N) is 1. The van der Waals surface area contributed by atoms with E-state index in [2.05, 4.69) is 63.3 Å². The zero-order valence-corrected chi connectivity index (χ0v) is 13.9. The molecule has 2 rings (SSSR count). The Bertz CT molecular complexity index is 626. The Morgan fingerprint density at radius 1 is 1.24 bits per heavy atom. The zero-order valence-electron chi connectivity index (χ0n) is 13.1. The third kappa shape index (κ3) is 4.17. The van der Waals surface area contributed by atoms with E-state index in [1.54, 1.807) is 11.3 Å². The van der Waals surface area contributed by atoms with Gasteiger partial charge in [-0.25, -0.2) is 0 Å². The van der Waals surface area contributed by atoms with E-state index in [-0.39, 0.29) is 5.41 Å². The predicted molar refractivity (Wildman–Crippen MR) is 89.4 cm³/mol. The molecule has 2 nitrogen and oxygen atoms in total. The highest BCUT2D eigenvalue weighted by atomic mass is 32.1. The molecule has 1 aromatic heterocycles. The number of hydrogen-bond acceptors (Lipinski definition) is 3. The lowest BCUT2D eigenvalue weighted by molar-refractivity contribution is 0.572. The summed E-state index contributed by atoms with van der Waals surface area (Å²) in [5, 5.41) is 14.2. The first-order chi connectivity index (χ1) is 9.90. The van der Waals surface area contributed by atoms with Crippen LogP contribution in [0.1, 0.15) is 55.3 Å². The summed E-state index contributed by atoms with van der Waals surface area (Å²) in [6.07, 6.45) is 0. The molecule has 0 radical (unpaired) electrons. The van der Waals surface area contributed by atoms with E-state index in [9.17, 15) is 0 Å². The lowest BCUT2D eigenvalue weighted by Crippen LogP contribution is -2.18. The molecule has 1 heterocycles.